The van der Waals surface area contributed by atoms with Gasteiger partial charge in [0.2, 0.25) is 0 Å². The predicted molar refractivity (Wildman–Crippen MR) is 106 cm³/mol. The van der Waals surface area contributed by atoms with E-state index in [1.165, 1.54) is 24.5 Å². The van der Waals surface area contributed by atoms with Crippen molar-refractivity contribution < 1.29 is 28.2 Å². The molecular weight excluding hydrogens is 402 g/mol. The van der Waals surface area contributed by atoms with Gasteiger partial charge in [-0.1, -0.05) is 35.7 Å². The topological polar surface area (TPSA) is 116 Å². The van der Waals surface area contributed by atoms with Gasteiger partial charge in [-0.25, -0.2) is 9.78 Å². The van der Waals surface area contributed by atoms with Crippen LogP contribution in [0.15, 0.2) is 57.7 Å². The molecule has 0 fully saturated rings. The predicted octanol–water partition coefficient (Wildman–Crippen LogP) is 3.80. The highest BCUT2D eigenvalue weighted by Crippen LogP contribution is 2.30. The SMILES string of the molecule is CCCc1noc2nc(-c3ccco3)cc(C(=O)ON3C(=O)c4ccccc4C3=O)c12. The molecule has 9 heteroatoms. The lowest BCUT2D eigenvalue weighted by atomic mass is 10.1. The number of hydroxylamine groups is 2. The van der Waals surface area contributed by atoms with Crippen LogP contribution in [0.4, 0.5) is 0 Å². The lowest BCUT2D eigenvalue weighted by molar-refractivity contribution is -0.0583. The van der Waals surface area contributed by atoms with Crippen molar-refractivity contribution in [3.8, 4) is 11.5 Å². The highest BCUT2D eigenvalue weighted by Gasteiger charge is 2.39. The standard InChI is InChI=1S/C22H15N3O6/c1-2-6-15-18-14(11-16(17-9-5-10-29-17)23-19(18)30-24-15)22(28)31-25-20(26)12-7-3-4-8-13(12)21(25)27/h3-5,7-11H,2,6H2,1H3. The maximum absolute atomic E-state index is 13.1. The van der Waals surface area contributed by atoms with Crippen molar-refractivity contribution in [3.05, 3.63) is 71.1 Å². The van der Waals surface area contributed by atoms with E-state index in [-0.39, 0.29) is 22.4 Å². The molecule has 1 aliphatic rings. The van der Waals surface area contributed by atoms with E-state index in [2.05, 4.69) is 10.1 Å². The van der Waals surface area contributed by atoms with Gasteiger partial charge in [0.1, 0.15) is 5.69 Å². The van der Waals surface area contributed by atoms with Gasteiger partial charge in [0.25, 0.3) is 17.5 Å². The van der Waals surface area contributed by atoms with Gasteiger partial charge in [0.05, 0.1) is 34.0 Å². The molecular formula is C22H15N3O6. The Balaban J connectivity index is 1.57. The summed E-state index contributed by atoms with van der Waals surface area (Å²) < 4.78 is 10.7. The second-order valence-corrected chi connectivity index (χ2v) is 6.92. The molecule has 0 aliphatic carbocycles. The minimum absolute atomic E-state index is 0.0673. The van der Waals surface area contributed by atoms with Crippen molar-refractivity contribution in [2.45, 2.75) is 19.8 Å². The van der Waals surface area contributed by atoms with Gasteiger partial charge in [-0.3, -0.25) is 9.59 Å². The van der Waals surface area contributed by atoms with Crippen LogP contribution in [-0.2, 0) is 11.3 Å². The number of hydrogen-bond donors (Lipinski definition) is 0. The van der Waals surface area contributed by atoms with Crippen molar-refractivity contribution in [1.82, 2.24) is 15.2 Å². The molecule has 0 saturated carbocycles. The van der Waals surface area contributed by atoms with Crippen LogP contribution in [0, 0.1) is 0 Å². The zero-order chi connectivity index (χ0) is 21.5. The van der Waals surface area contributed by atoms with E-state index >= 15 is 0 Å². The van der Waals surface area contributed by atoms with Gasteiger partial charge in [-0.05, 0) is 36.8 Å². The number of rotatable bonds is 5. The smallest absolute Gasteiger partial charge is 0.364 e. The number of aryl methyl sites for hydroxylation is 1. The van der Waals surface area contributed by atoms with E-state index in [0.29, 0.717) is 34.0 Å². The summed E-state index contributed by atoms with van der Waals surface area (Å²) in [6, 6.07) is 11.1. The summed E-state index contributed by atoms with van der Waals surface area (Å²) >= 11 is 0. The Labute approximate surface area is 175 Å². The highest BCUT2D eigenvalue weighted by atomic mass is 16.7. The summed E-state index contributed by atoms with van der Waals surface area (Å²) in [5, 5.41) is 4.87. The molecule has 0 bridgehead atoms. The minimum Gasteiger partial charge on any atom is -0.463 e. The second kappa shape index (κ2) is 7.21. The number of pyridine rings is 1. The fourth-order valence-corrected chi connectivity index (χ4v) is 3.51. The maximum atomic E-state index is 13.1. The normalized spacial score (nSPS) is 13.1. The molecule has 1 aromatic carbocycles. The van der Waals surface area contributed by atoms with E-state index < -0.39 is 17.8 Å². The molecule has 0 unspecified atom stereocenters. The number of imide groups is 1. The molecule has 154 valence electrons. The number of aromatic nitrogens is 2. The summed E-state index contributed by atoms with van der Waals surface area (Å²) in [5.41, 5.74) is 1.40. The maximum Gasteiger partial charge on any atom is 0.364 e. The average Bonchev–Trinajstić information content (AvgIpc) is 3.51. The van der Waals surface area contributed by atoms with Crippen molar-refractivity contribution in [3.63, 3.8) is 0 Å². The Morgan fingerprint density at radius 1 is 1.10 bits per heavy atom. The third-order valence-corrected chi connectivity index (χ3v) is 4.93. The van der Waals surface area contributed by atoms with Crippen LogP contribution in [0.1, 0.15) is 50.1 Å². The molecule has 1 aliphatic heterocycles. The minimum atomic E-state index is -0.907. The molecule has 0 saturated heterocycles. The summed E-state index contributed by atoms with van der Waals surface area (Å²) in [4.78, 5) is 47.9. The zero-order valence-electron chi connectivity index (χ0n) is 16.3. The average molecular weight is 417 g/mol. The van der Waals surface area contributed by atoms with Gasteiger partial charge in [0.15, 0.2) is 5.76 Å². The Morgan fingerprint density at radius 2 is 1.84 bits per heavy atom. The number of hydrogen-bond acceptors (Lipinski definition) is 8. The fourth-order valence-electron chi connectivity index (χ4n) is 3.51. The van der Waals surface area contributed by atoms with Crippen LogP contribution in [0.2, 0.25) is 0 Å². The molecule has 4 aromatic rings. The molecule has 5 rings (SSSR count). The van der Waals surface area contributed by atoms with Crippen molar-refractivity contribution in [1.29, 1.82) is 0 Å². The largest absolute Gasteiger partial charge is 0.463 e. The van der Waals surface area contributed by atoms with Crippen molar-refractivity contribution >= 4 is 28.9 Å². The molecule has 0 N–H and O–H groups in total. The summed E-state index contributed by atoms with van der Waals surface area (Å²) in [6.07, 6.45) is 2.78. The molecule has 9 nitrogen and oxygen atoms in total. The molecule has 2 amide bonds. The number of carbonyl (C=O) groups is 3. The third kappa shape index (κ3) is 2.98. The quantitative estimate of drug-likeness (QED) is 0.450. The number of amides is 2. The van der Waals surface area contributed by atoms with E-state index in [9.17, 15) is 14.4 Å². The Morgan fingerprint density at radius 3 is 2.48 bits per heavy atom. The lowest BCUT2D eigenvalue weighted by Gasteiger charge is -2.13. The molecule has 0 atom stereocenters. The molecule has 4 heterocycles. The van der Waals surface area contributed by atoms with Crippen LogP contribution < -0.4 is 0 Å². The number of furan rings is 1. The highest BCUT2D eigenvalue weighted by molar-refractivity contribution is 6.21. The zero-order valence-corrected chi connectivity index (χ0v) is 16.3. The first-order chi connectivity index (χ1) is 15.1. The third-order valence-electron chi connectivity index (χ3n) is 4.93. The second-order valence-electron chi connectivity index (χ2n) is 6.92. The van der Waals surface area contributed by atoms with Crippen LogP contribution >= 0.6 is 0 Å². The number of fused-ring (bicyclic) bond motifs is 2. The Bertz CT molecular complexity index is 1300. The summed E-state index contributed by atoms with van der Waals surface area (Å²) in [7, 11) is 0. The van der Waals surface area contributed by atoms with Gasteiger partial charge >= 0.3 is 5.97 Å². The molecule has 0 radical (unpaired) electrons. The van der Waals surface area contributed by atoms with Crippen molar-refractivity contribution in [2.24, 2.45) is 0 Å². The first kappa shape index (κ1) is 18.7. The lowest BCUT2D eigenvalue weighted by Crippen LogP contribution is -2.32. The van der Waals surface area contributed by atoms with E-state index in [1.54, 1.807) is 24.3 Å². The first-order valence-corrected chi connectivity index (χ1v) is 9.61. The first-order valence-electron chi connectivity index (χ1n) is 9.61. The van der Waals surface area contributed by atoms with E-state index in [0.717, 1.165) is 6.42 Å². The molecule has 31 heavy (non-hydrogen) atoms. The van der Waals surface area contributed by atoms with Crippen LogP contribution in [0.5, 0.6) is 0 Å². The summed E-state index contributed by atoms with van der Waals surface area (Å²) in [6.45, 7) is 1.96. The van der Waals surface area contributed by atoms with Crippen molar-refractivity contribution in [2.75, 3.05) is 0 Å². The monoisotopic (exact) mass is 417 g/mol. The fraction of sp³-hybridized carbons (Fsp3) is 0.136. The van der Waals surface area contributed by atoms with E-state index in [1.807, 2.05) is 6.92 Å². The van der Waals surface area contributed by atoms with Crippen LogP contribution in [0.3, 0.4) is 0 Å². The summed E-state index contributed by atoms with van der Waals surface area (Å²) in [5.74, 6) is -1.91. The van der Waals surface area contributed by atoms with Gasteiger partial charge in [-0.2, -0.15) is 0 Å². The molecule has 3 aromatic heterocycles. The van der Waals surface area contributed by atoms with Gasteiger partial charge in [0, 0.05) is 0 Å². The van der Waals surface area contributed by atoms with Gasteiger partial charge in [-0.15, -0.1) is 0 Å². The Kier molecular flexibility index (Phi) is 4.36. The van der Waals surface area contributed by atoms with Crippen LogP contribution in [-0.4, -0.2) is 33.0 Å². The van der Waals surface area contributed by atoms with Gasteiger partial charge < -0.3 is 13.8 Å². The number of carbonyl (C=O) groups excluding carboxylic acids is 3. The van der Waals surface area contributed by atoms with Crippen LogP contribution in [0.25, 0.3) is 22.6 Å². The van der Waals surface area contributed by atoms with E-state index in [4.69, 9.17) is 13.8 Å². The molecule has 0 spiro atoms. The Hall–Kier alpha value is -4.27. The number of benzene rings is 1. The number of nitrogens with zero attached hydrogens (tertiary/aromatic N) is 3.